The maximum absolute atomic E-state index is 11.3. The molecule has 4 nitrogen and oxygen atoms in total. The van der Waals surface area contributed by atoms with Crippen molar-refractivity contribution < 1.29 is 18.6 Å². The Kier molecular flexibility index (Phi) is 7.67. The molecule has 0 bridgehead atoms. The quantitative estimate of drug-likeness (QED) is 0.375. The van der Waals surface area contributed by atoms with E-state index >= 15 is 0 Å². The summed E-state index contributed by atoms with van der Waals surface area (Å²) in [4.78, 5) is 11.3. The molecule has 5 heteroatoms. The smallest absolute Gasteiger partial charge is 0.342 e. The zero-order valence-electron chi connectivity index (χ0n) is 8.91. The van der Waals surface area contributed by atoms with Gasteiger partial charge in [0.2, 0.25) is 8.38 Å². The van der Waals surface area contributed by atoms with Crippen molar-refractivity contribution in [1.29, 1.82) is 0 Å². The number of esters is 1. The zero-order chi connectivity index (χ0) is 11.0. The third-order valence-electron chi connectivity index (χ3n) is 1.22. The van der Waals surface area contributed by atoms with Crippen molar-refractivity contribution in [3.8, 4) is 0 Å². The van der Waals surface area contributed by atoms with E-state index in [0.29, 0.717) is 19.8 Å². The fourth-order valence-corrected chi connectivity index (χ4v) is 1.79. The van der Waals surface area contributed by atoms with Gasteiger partial charge in [-0.1, -0.05) is 6.58 Å². The first-order valence-electron chi connectivity index (χ1n) is 4.59. The van der Waals surface area contributed by atoms with Gasteiger partial charge < -0.3 is 13.8 Å². The van der Waals surface area contributed by atoms with Crippen molar-refractivity contribution in [2.45, 2.75) is 20.8 Å². The van der Waals surface area contributed by atoms with E-state index in [2.05, 4.69) is 6.58 Å². The molecule has 0 rings (SSSR count). The van der Waals surface area contributed by atoms with Crippen LogP contribution in [0, 0.1) is 0 Å². The second-order valence-electron chi connectivity index (χ2n) is 2.26. The van der Waals surface area contributed by atoms with Crippen LogP contribution in [0.1, 0.15) is 20.8 Å². The van der Waals surface area contributed by atoms with Crippen molar-refractivity contribution in [2.24, 2.45) is 0 Å². The molecule has 82 valence electrons. The molecule has 0 aliphatic rings. The minimum Gasteiger partial charge on any atom is -0.462 e. The average molecular weight is 220 g/mol. The monoisotopic (exact) mass is 220 g/mol. The van der Waals surface area contributed by atoms with Crippen LogP contribution < -0.4 is 0 Å². The van der Waals surface area contributed by atoms with Gasteiger partial charge in [-0.2, -0.15) is 0 Å². The van der Waals surface area contributed by atoms with Gasteiger partial charge in [0.05, 0.1) is 19.8 Å². The molecular formula is C9H17O4P. The van der Waals surface area contributed by atoms with Crippen molar-refractivity contribution in [1.82, 2.24) is 0 Å². The third-order valence-corrected chi connectivity index (χ3v) is 2.83. The first-order chi connectivity index (χ1) is 6.67. The van der Waals surface area contributed by atoms with E-state index in [1.54, 1.807) is 6.92 Å². The highest BCUT2D eigenvalue weighted by atomic mass is 31.2. The zero-order valence-corrected chi connectivity index (χ0v) is 9.80. The summed E-state index contributed by atoms with van der Waals surface area (Å²) in [5.41, 5.74) is 0. The third kappa shape index (κ3) is 4.70. The van der Waals surface area contributed by atoms with Crippen LogP contribution in [0.3, 0.4) is 0 Å². The van der Waals surface area contributed by atoms with Gasteiger partial charge in [-0.25, -0.2) is 4.79 Å². The Morgan fingerprint density at radius 3 is 2.00 bits per heavy atom. The van der Waals surface area contributed by atoms with Gasteiger partial charge in [-0.15, -0.1) is 0 Å². The molecule has 0 N–H and O–H groups in total. The number of ether oxygens (including phenoxy) is 1. The topological polar surface area (TPSA) is 44.8 Å². The first-order valence-corrected chi connectivity index (χ1v) is 5.77. The van der Waals surface area contributed by atoms with Gasteiger partial charge in [0.1, 0.15) is 5.31 Å². The maximum Gasteiger partial charge on any atom is 0.342 e. The fourth-order valence-electron chi connectivity index (χ4n) is 0.717. The van der Waals surface area contributed by atoms with Gasteiger partial charge in [0, 0.05) is 0 Å². The number of hydrogen-bond donors (Lipinski definition) is 0. The van der Waals surface area contributed by atoms with Crippen LogP contribution >= 0.6 is 8.38 Å². The molecule has 0 fully saturated rings. The minimum absolute atomic E-state index is 0.269. The lowest BCUT2D eigenvalue weighted by Gasteiger charge is -2.16. The van der Waals surface area contributed by atoms with Gasteiger partial charge in [-0.3, -0.25) is 0 Å². The lowest BCUT2D eigenvalue weighted by Crippen LogP contribution is -2.08. The molecule has 0 aliphatic heterocycles. The Bertz CT molecular complexity index is 187. The van der Waals surface area contributed by atoms with Crippen molar-refractivity contribution in [2.75, 3.05) is 19.8 Å². The average Bonchev–Trinajstić information content (AvgIpc) is 2.17. The van der Waals surface area contributed by atoms with E-state index in [9.17, 15) is 4.79 Å². The van der Waals surface area contributed by atoms with E-state index in [4.69, 9.17) is 13.8 Å². The molecule has 0 heterocycles. The Morgan fingerprint density at radius 1 is 1.14 bits per heavy atom. The number of carbonyl (C=O) groups is 1. The Balaban J connectivity index is 4.19. The Labute approximate surface area is 86.1 Å². The molecule has 0 atom stereocenters. The van der Waals surface area contributed by atoms with Crippen LogP contribution in [0.15, 0.2) is 11.9 Å². The van der Waals surface area contributed by atoms with Crippen LogP contribution in [0.2, 0.25) is 0 Å². The van der Waals surface area contributed by atoms with Crippen molar-refractivity contribution in [3.05, 3.63) is 11.9 Å². The van der Waals surface area contributed by atoms with Gasteiger partial charge in [0.25, 0.3) is 0 Å². The van der Waals surface area contributed by atoms with Crippen molar-refractivity contribution >= 4 is 14.3 Å². The predicted octanol–water partition coefficient (Wildman–Crippen LogP) is 2.45. The molecule has 0 aliphatic carbocycles. The summed E-state index contributed by atoms with van der Waals surface area (Å²) in [6.07, 6.45) is 0. The summed E-state index contributed by atoms with van der Waals surface area (Å²) in [5, 5.41) is 0.269. The molecule has 0 amide bonds. The molecular weight excluding hydrogens is 203 g/mol. The molecule has 0 saturated heterocycles. The molecule has 0 aromatic rings. The molecule has 14 heavy (non-hydrogen) atoms. The van der Waals surface area contributed by atoms with Crippen molar-refractivity contribution in [3.63, 3.8) is 0 Å². The summed E-state index contributed by atoms with van der Waals surface area (Å²) in [6.45, 7) is 10.4. The van der Waals surface area contributed by atoms with Gasteiger partial charge >= 0.3 is 5.97 Å². The molecule has 0 radical (unpaired) electrons. The molecule has 0 unspecified atom stereocenters. The molecule has 0 aromatic heterocycles. The van der Waals surface area contributed by atoms with E-state index in [1.807, 2.05) is 13.8 Å². The highest BCUT2D eigenvalue weighted by Gasteiger charge is 2.21. The van der Waals surface area contributed by atoms with E-state index < -0.39 is 14.3 Å². The van der Waals surface area contributed by atoms with Gasteiger partial charge in [0.15, 0.2) is 0 Å². The largest absolute Gasteiger partial charge is 0.462 e. The molecule has 0 spiro atoms. The SMILES string of the molecule is C=C(C(=O)OCC)P(OCC)OCC. The lowest BCUT2D eigenvalue weighted by atomic mass is 10.6. The standard InChI is InChI=1S/C9H17O4P/c1-5-11-9(10)8(4)14(12-6-2)13-7-3/h4-7H2,1-3H3. The Hall–Kier alpha value is -0.440. The van der Waals surface area contributed by atoms with Gasteiger partial charge in [-0.05, 0) is 20.8 Å². The van der Waals surface area contributed by atoms with E-state index in [-0.39, 0.29) is 5.31 Å². The number of carbonyl (C=O) groups excluding carboxylic acids is 1. The van der Waals surface area contributed by atoms with Crippen LogP contribution in [0.5, 0.6) is 0 Å². The van der Waals surface area contributed by atoms with Crippen LogP contribution in [0.25, 0.3) is 0 Å². The second kappa shape index (κ2) is 7.92. The number of rotatable bonds is 7. The van der Waals surface area contributed by atoms with Crippen LogP contribution in [0.4, 0.5) is 0 Å². The minimum atomic E-state index is -1.34. The highest BCUT2D eigenvalue weighted by Crippen LogP contribution is 2.46. The van der Waals surface area contributed by atoms with E-state index in [1.165, 1.54) is 0 Å². The fraction of sp³-hybridized carbons (Fsp3) is 0.667. The second-order valence-corrected chi connectivity index (χ2v) is 3.83. The maximum atomic E-state index is 11.3. The Morgan fingerprint density at radius 2 is 1.64 bits per heavy atom. The summed E-state index contributed by atoms with van der Waals surface area (Å²) >= 11 is 0. The predicted molar refractivity (Wildman–Crippen MR) is 55.9 cm³/mol. The lowest BCUT2D eigenvalue weighted by molar-refractivity contribution is -0.137. The summed E-state index contributed by atoms with van der Waals surface area (Å²) in [5.74, 6) is -0.444. The summed E-state index contributed by atoms with van der Waals surface area (Å²) < 4.78 is 15.3. The summed E-state index contributed by atoms with van der Waals surface area (Å²) in [7, 11) is -1.34. The van der Waals surface area contributed by atoms with Crippen LogP contribution in [-0.2, 0) is 18.6 Å². The van der Waals surface area contributed by atoms with E-state index in [0.717, 1.165) is 0 Å². The summed E-state index contributed by atoms with van der Waals surface area (Å²) in [6, 6.07) is 0. The normalized spacial score (nSPS) is 10.3. The highest BCUT2D eigenvalue weighted by molar-refractivity contribution is 7.53. The first kappa shape index (κ1) is 13.6. The molecule has 0 aromatic carbocycles. The van der Waals surface area contributed by atoms with Crippen LogP contribution in [-0.4, -0.2) is 25.8 Å². The number of hydrogen-bond acceptors (Lipinski definition) is 4. The molecule has 0 saturated carbocycles.